The van der Waals surface area contributed by atoms with Crippen LogP contribution in [0.5, 0.6) is 0 Å². The van der Waals surface area contributed by atoms with E-state index in [9.17, 15) is 0 Å². The minimum absolute atomic E-state index is 0.757. The van der Waals surface area contributed by atoms with Crippen LogP contribution < -0.4 is 0 Å². The number of fused-ring (bicyclic) bond motifs is 1. The Hall–Kier alpha value is -1.74. The van der Waals surface area contributed by atoms with Crippen LogP contribution in [0.4, 0.5) is 0 Å². The van der Waals surface area contributed by atoms with E-state index in [4.69, 9.17) is 11.6 Å². The fourth-order valence-corrected chi connectivity index (χ4v) is 2.94. The van der Waals surface area contributed by atoms with Gasteiger partial charge < -0.3 is 4.57 Å². The molecule has 0 saturated carbocycles. The van der Waals surface area contributed by atoms with Crippen molar-refractivity contribution < 1.29 is 0 Å². The summed E-state index contributed by atoms with van der Waals surface area (Å²) in [6.45, 7) is 5.78. The molecule has 0 aliphatic heterocycles. The molecule has 0 fully saturated rings. The molecule has 0 bridgehead atoms. The Balaban J connectivity index is 2.04. The third-order valence-corrected chi connectivity index (χ3v) is 4.13. The predicted octanol–water partition coefficient (Wildman–Crippen LogP) is 4.12. The van der Waals surface area contributed by atoms with Crippen molar-refractivity contribution >= 4 is 22.5 Å². The predicted molar refractivity (Wildman–Crippen MR) is 83.3 cm³/mol. The van der Waals surface area contributed by atoms with E-state index >= 15 is 0 Å². The Morgan fingerprint density at radius 3 is 2.70 bits per heavy atom. The molecule has 0 atom stereocenters. The van der Waals surface area contributed by atoms with Crippen LogP contribution in [-0.4, -0.2) is 14.3 Å². The number of aromatic nitrogens is 3. The fraction of sp³-hybridized carbons (Fsp3) is 0.312. The quantitative estimate of drug-likeness (QED) is 0.708. The van der Waals surface area contributed by atoms with Gasteiger partial charge in [-0.15, -0.1) is 0 Å². The van der Waals surface area contributed by atoms with E-state index in [1.807, 2.05) is 4.68 Å². The van der Waals surface area contributed by atoms with Crippen molar-refractivity contribution in [2.45, 2.75) is 33.4 Å². The lowest BCUT2D eigenvalue weighted by Crippen LogP contribution is -2.07. The van der Waals surface area contributed by atoms with Crippen molar-refractivity contribution in [1.82, 2.24) is 14.3 Å². The average molecular weight is 288 g/mol. The van der Waals surface area contributed by atoms with Crippen LogP contribution in [0.1, 0.15) is 25.2 Å². The first kappa shape index (κ1) is 13.3. The molecule has 1 aromatic carbocycles. The van der Waals surface area contributed by atoms with E-state index in [1.165, 1.54) is 10.9 Å². The van der Waals surface area contributed by atoms with Crippen LogP contribution in [-0.2, 0) is 19.5 Å². The first-order chi connectivity index (χ1) is 9.74. The minimum atomic E-state index is 0.757. The summed E-state index contributed by atoms with van der Waals surface area (Å²) >= 11 is 6.48. The van der Waals surface area contributed by atoms with Gasteiger partial charge in [-0.25, -0.2) is 0 Å². The van der Waals surface area contributed by atoms with Crippen molar-refractivity contribution in [3.05, 3.63) is 52.9 Å². The molecule has 0 amide bonds. The molecule has 0 N–H and O–H groups in total. The molecule has 2 heterocycles. The van der Waals surface area contributed by atoms with Crippen molar-refractivity contribution in [2.24, 2.45) is 0 Å². The number of para-hydroxylation sites is 1. The molecule has 0 aliphatic rings. The summed E-state index contributed by atoms with van der Waals surface area (Å²) in [7, 11) is 0. The monoisotopic (exact) mass is 287 g/mol. The summed E-state index contributed by atoms with van der Waals surface area (Å²) < 4.78 is 4.24. The van der Waals surface area contributed by atoms with Gasteiger partial charge in [-0.3, -0.25) is 4.68 Å². The van der Waals surface area contributed by atoms with E-state index in [2.05, 4.69) is 60.0 Å². The van der Waals surface area contributed by atoms with Gasteiger partial charge in [0.1, 0.15) is 0 Å². The lowest BCUT2D eigenvalue weighted by Gasteiger charge is -2.08. The lowest BCUT2D eigenvalue weighted by atomic mass is 10.2. The Morgan fingerprint density at radius 2 is 1.95 bits per heavy atom. The van der Waals surface area contributed by atoms with E-state index in [1.54, 1.807) is 0 Å². The van der Waals surface area contributed by atoms with Gasteiger partial charge in [0.15, 0.2) is 0 Å². The largest absolute Gasteiger partial charge is 0.341 e. The third kappa shape index (κ3) is 2.12. The second-order valence-electron chi connectivity index (χ2n) is 4.88. The molecule has 20 heavy (non-hydrogen) atoms. The smallest absolute Gasteiger partial charge is 0.0868 e. The second kappa shape index (κ2) is 5.33. The molecule has 3 aromatic rings. The van der Waals surface area contributed by atoms with E-state index < -0.39 is 0 Å². The molecule has 4 heteroatoms. The number of hydrogen-bond acceptors (Lipinski definition) is 1. The Bertz CT molecular complexity index is 739. The number of nitrogens with zero attached hydrogens (tertiary/aromatic N) is 3. The van der Waals surface area contributed by atoms with Crippen LogP contribution in [0.15, 0.2) is 36.5 Å². The number of aryl methyl sites for hydroxylation is 2. The molecule has 0 aliphatic carbocycles. The SMILES string of the molecule is CCc1nn(CC)c(Cn2ccc3ccccc32)c1Cl. The highest BCUT2D eigenvalue weighted by molar-refractivity contribution is 6.31. The van der Waals surface area contributed by atoms with Crippen molar-refractivity contribution in [1.29, 1.82) is 0 Å². The maximum atomic E-state index is 6.48. The molecule has 2 aromatic heterocycles. The molecular formula is C16H18ClN3. The number of hydrogen-bond donors (Lipinski definition) is 0. The molecular weight excluding hydrogens is 270 g/mol. The Labute approximate surface area is 123 Å². The molecule has 0 unspecified atom stereocenters. The van der Waals surface area contributed by atoms with Crippen LogP contribution in [0.25, 0.3) is 10.9 Å². The van der Waals surface area contributed by atoms with Crippen molar-refractivity contribution in [3.63, 3.8) is 0 Å². The summed E-state index contributed by atoms with van der Waals surface area (Å²) in [6.07, 6.45) is 2.98. The zero-order valence-electron chi connectivity index (χ0n) is 11.8. The number of benzene rings is 1. The summed E-state index contributed by atoms with van der Waals surface area (Å²) in [4.78, 5) is 0. The molecule has 104 valence electrons. The summed E-state index contributed by atoms with van der Waals surface area (Å²) in [5.41, 5.74) is 3.30. The molecule has 0 spiro atoms. The van der Waals surface area contributed by atoms with Crippen LogP contribution in [0, 0.1) is 0 Å². The normalized spacial score (nSPS) is 11.3. The van der Waals surface area contributed by atoms with Crippen LogP contribution in [0.3, 0.4) is 0 Å². The van der Waals surface area contributed by atoms with Crippen molar-refractivity contribution in [3.8, 4) is 0 Å². The van der Waals surface area contributed by atoms with E-state index in [0.29, 0.717) is 0 Å². The van der Waals surface area contributed by atoms with Crippen LogP contribution in [0.2, 0.25) is 5.02 Å². The standard InChI is InChI=1S/C16H18ClN3/c1-3-13-16(17)15(20(4-2)18-13)11-19-10-9-12-7-5-6-8-14(12)19/h5-10H,3-4,11H2,1-2H3. The van der Waals surface area contributed by atoms with Gasteiger partial charge in [0, 0.05) is 18.3 Å². The maximum Gasteiger partial charge on any atom is 0.0868 e. The molecule has 3 nitrogen and oxygen atoms in total. The highest BCUT2D eigenvalue weighted by Crippen LogP contribution is 2.24. The summed E-state index contributed by atoms with van der Waals surface area (Å²) in [6, 6.07) is 10.5. The van der Waals surface area contributed by atoms with Gasteiger partial charge in [-0.2, -0.15) is 5.10 Å². The van der Waals surface area contributed by atoms with Gasteiger partial charge in [-0.05, 0) is 30.9 Å². The van der Waals surface area contributed by atoms with Gasteiger partial charge in [0.05, 0.1) is 23.0 Å². The third-order valence-electron chi connectivity index (χ3n) is 3.69. The number of rotatable bonds is 4. The van der Waals surface area contributed by atoms with Gasteiger partial charge in [0.2, 0.25) is 0 Å². The first-order valence-corrected chi connectivity index (χ1v) is 7.40. The molecule has 0 saturated heterocycles. The Morgan fingerprint density at radius 1 is 1.15 bits per heavy atom. The summed E-state index contributed by atoms with van der Waals surface area (Å²) in [5, 5.41) is 6.64. The fourth-order valence-electron chi connectivity index (χ4n) is 2.61. The van der Waals surface area contributed by atoms with Gasteiger partial charge in [-0.1, -0.05) is 36.7 Å². The average Bonchev–Trinajstić information content (AvgIpc) is 3.02. The Kier molecular flexibility index (Phi) is 3.53. The highest BCUT2D eigenvalue weighted by atomic mass is 35.5. The zero-order chi connectivity index (χ0) is 14.1. The maximum absolute atomic E-state index is 6.48. The highest BCUT2D eigenvalue weighted by Gasteiger charge is 2.15. The van der Waals surface area contributed by atoms with Gasteiger partial charge >= 0.3 is 0 Å². The van der Waals surface area contributed by atoms with E-state index in [-0.39, 0.29) is 0 Å². The van der Waals surface area contributed by atoms with Gasteiger partial charge in [0.25, 0.3) is 0 Å². The first-order valence-electron chi connectivity index (χ1n) is 7.02. The van der Waals surface area contributed by atoms with Crippen molar-refractivity contribution in [2.75, 3.05) is 0 Å². The lowest BCUT2D eigenvalue weighted by molar-refractivity contribution is 0.599. The van der Waals surface area contributed by atoms with Crippen LogP contribution >= 0.6 is 11.6 Å². The topological polar surface area (TPSA) is 22.8 Å². The second-order valence-corrected chi connectivity index (χ2v) is 5.26. The molecule has 0 radical (unpaired) electrons. The van der Waals surface area contributed by atoms with E-state index in [0.717, 1.165) is 35.9 Å². The summed E-state index contributed by atoms with van der Waals surface area (Å²) in [5.74, 6) is 0. The number of halogens is 1. The minimum Gasteiger partial charge on any atom is -0.341 e. The molecule has 3 rings (SSSR count). The zero-order valence-corrected chi connectivity index (χ0v) is 12.6.